The molecule has 0 amide bonds. The minimum Gasteiger partial charge on any atom is -0.469 e. The molecule has 0 aromatic rings. The van der Waals surface area contributed by atoms with E-state index in [1.807, 2.05) is 0 Å². The van der Waals surface area contributed by atoms with Crippen LogP contribution in [-0.4, -0.2) is 63.0 Å². The number of ether oxygens (including phenoxy) is 3. The Balaban J connectivity index is 1.84. The van der Waals surface area contributed by atoms with Crippen molar-refractivity contribution in [2.45, 2.75) is 44.2 Å². The van der Waals surface area contributed by atoms with Gasteiger partial charge in [0.25, 0.3) is 0 Å². The smallest absolute Gasteiger partial charge is 0.306 e. The molecule has 2 fully saturated rings. The van der Waals surface area contributed by atoms with Gasteiger partial charge < -0.3 is 14.2 Å². The van der Waals surface area contributed by atoms with Crippen LogP contribution in [0.4, 0.5) is 0 Å². The summed E-state index contributed by atoms with van der Waals surface area (Å²) in [6, 6.07) is 0.516. The van der Waals surface area contributed by atoms with Crippen LogP contribution in [0.1, 0.15) is 32.1 Å². The molecule has 0 aromatic heterocycles. The van der Waals surface area contributed by atoms with E-state index in [-0.39, 0.29) is 5.97 Å². The number of methoxy groups -OCH3 is 1. The Morgan fingerprint density at radius 3 is 2.68 bits per heavy atom. The number of carbonyl (C=O) groups is 1. The van der Waals surface area contributed by atoms with Crippen molar-refractivity contribution >= 4 is 5.97 Å². The number of hydrogen-bond acceptors (Lipinski definition) is 5. The van der Waals surface area contributed by atoms with E-state index in [2.05, 4.69) is 4.90 Å². The van der Waals surface area contributed by atoms with Crippen molar-refractivity contribution < 1.29 is 19.0 Å². The molecule has 0 bridgehead atoms. The lowest BCUT2D eigenvalue weighted by Gasteiger charge is -2.35. The van der Waals surface area contributed by atoms with Gasteiger partial charge in [0.2, 0.25) is 0 Å². The van der Waals surface area contributed by atoms with Gasteiger partial charge in [-0.05, 0) is 25.7 Å². The van der Waals surface area contributed by atoms with Crippen molar-refractivity contribution in [1.29, 1.82) is 0 Å². The molecule has 110 valence electrons. The second kappa shape index (κ2) is 7.82. The van der Waals surface area contributed by atoms with Gasteiger partial charge in [0.1, 0.15) is 0 Å². The maximum absolute atomic E-state index is 11.3. The molecule has 1 unspecified atom stereocenters. The summed E-state index contributed by atoms with van der Waals surface area (Å²) in [5.41, 5.74) is 0. The van der Waals surface area contributed by atoms with Crippen LogP contribution < -0.4 is 0 Å². The molecule has 1 atom stereocenters. The zero-order chi connectivity index (χ0) is 13.5. The molecule has 0 radical (unpaired) electrons. The van der Waals surface area contributed by atoms with Crippen LogP contribution in [0.5, 0.6) is 0 Å². The van der Waals surface area contributed by atoms with Crippen LogP contribution >= 0.6 is 0 Å². The summed E-state index contributed by atoms with van der Waals surface area (Å²) in [6.45, 7) is 4.22. The highest BCUT2D eigenvalue weighted by molar-refractivity contribution is 5.69. The Morgan fingerprint density at radius 2 is 2.05 bits per heavy atom. The normalized spacial score (nSPS) is 24.8. The first kappa shape index (κ1) is 14.8. The minimum absolute atomic E-state index is 0.135. The van der Waals surface area contributed by atoms with Crippen LogP contribution in [0, 0.1) is 0 Å². The van der Waals surface area contributed by atoms with Crippen LogP contribution in [0.15, 0.2) is 0 Å². The van der Waals surface area contributed by atoms with Gasteiger partial charge >= 0.3 is 5.97 Å². The highest BCUT2D eigenvalue weighted by Gasteiger charge is 2.26. The first-order valence-electron chi connectivity index (χ1n) is 7.30. The first-order chi connectivity index (χ1) is 9.29. The van der Waals surface area contributed by atoms with Crippen molar-refractivity contribution in [1.82, 2.24) is 4.90 Å². The molecule has 0 aliphatic carbocycles. The number of rotatable bonds is 6. The molecule has 5 nitrogen and oxygen atoms in total. The Morgan fingerprint density at radius 1 is 1.26 bits per heavy atom. The molecule has 2 aliphatic heterocycles. The van der Waals surface area contributed by atoms with E-state index in [4.69, 9.17) is 14.2 Å². The van der Waals surface area contributed by atoms with Gasteiger partial charge in [-0.3, -0.25) is 9.69 Å². The third-order valence-electron chi connectivity index (χ3n) is 4.00. The quantitative estimate of drug-likeness (QED) is 0.680. The molecular weight excluding hydrogens is 246 g/mol. The van der Waals surface area contributed by atoms with Crippen molar-refractivity contribution in [2.75, 3.05) is 40.0 Å². The van der Waals surface area contributed by atoms with Gasteiger partial charge in [-0.25, -0.2) is 0 Å². The standard InChI is InChI=1S/C14H25NO4/c1-17-14(16)4-7-15(11-13-3-2-8-19-13)12-5-9-18-10-6-12/h12-13H,2-11H2,1H3. The van der Waals surface area contributed by atoms with Crippen LogP contribution in [0.2, 0.25) is 0 Å². The summed E-state index contributed by atoms with van der Waals surface area (Å²) in [4.78, 5) is 13.7. The molecule has 2 heterocycles. The lowest BCUT2D eigenvalue weighted by atomic mass is 10.1. The Bertz CT molecular complexity index is 273. The largest absolute Gasteiger partial charge is 0.469 e. The molecule has 2 aliphatic rings. The zero-order valence-electron chi connectivity index (χ0n) is 11.8. The zero-order valence-corrected chi connectivity index (χ0v) is 11.8. The molecule has 2 rings (SSSR count). The highest BCUT2D eigenvalue weighted by Crippen LogP contribution is 2.19. The third kappa shape index (κ3) is 4.75. The highest BCUT2D eigenvalue weighted by atomic mass is 16.5. The number of esters is 1. The number of carbonyl (C=O) groups excluding carboxylic acids is 1. The predicted octanol–water partition coefficient (Wildman–Crippen LogP) is 1.21. The van der Waals surface area contributed by atoms with E-state index >= 15 is 0 Å². The second-order valence-electron chi connectivity index (χ2n) is 5.30. The summed E-state index contributed by atoms with van der Waals surface area (Å²) in [5.74, 6) is -0.135. The van der Waals surface area contributed by atoms with Crippen LogP contribution in [0.25, 0.3) is 0 Å². The SMILES string of the molecule is COC(=O)CCN(CC1CCCO1)C1CCOCC1. The molecule has 0 N–H and O–H groups in total. The maximum Gasteiger partial charge on any atom is 0.306 e. The van der Waals surface area contributed by atoms with Crippen LogP contribution in [-0.2, 0) is 19.0 Å². The van der Waals surface area contributed by atoms with E-state index in [1.54, 1.807) is 0 Å². The Kier molecular flexibility index (Phi) is 6.07. The average molecular weight is 271 g/mol. The topological polar surface area (TPSA) is 48.0 Å². The second-order valence-corrected chi connectivity index (χ2v) is 5.30. The van der Waals surface area contributed by atoms with E-state index in [0.717, 1.165) is 58.6 Å². The molecule has 19 heavy (non-hydrogen) atoms. The van der Waals surface area contributed by atoms with Gasteiger partial charge in [-0.1, -0.05) is 0 Å². The summed E-state index contributed by atoms with van der Waals surface area (Å²) in [6.07, 6.45) is 5.18. The lowest BCUT2D eigenvalue weighted by Crippen LogP contribution is -2.44. The lowest BCUT2D eigenvalue weighted by molar-refractivity contribution is -0.141. The average Bonchev–Trinajstić information content (AvgIpc) is 2.97. The monoisotopic (exact) mass is 271 g/mol. The fourth-order valence-electron chi connectivity index (χ4n) is 2.86. The van der Waals surface area contributed by atoms with Crippen LogP contribution in [0.3, 0.4) is 0 Å². The number of hydrogen-bond donors (Lipinski definition) is 0. The number of nitrogens with zero attached hydrogens (tertiary/aromatic N) is 1. The van der Waals surface area contributed by atoms with Crippen molar-refractivity contribution in [2.24, 2.45) is 0 Å². The van der Waals surface area contributed by atoms with E-state index in [9.17, 15) is 4.79 Å². The summed E-state index contributed by atoms with van der Waals surface area (Å²) < 4.78 is 15.9. The van der Waals surface area contributed by atoms with Crippen molar-refractivity contribution in [3.63, 3.8) is 0 Å². The fraction of sp³-hybridized carbons (Fsp3) is 0.929. The predicted molar refractivity (Wildman–Crippen MR) is 71.0 cm³/mol. The fourth-order valence-corrected chi connectivity index (χ4v) is 2.86. The maximum atomic E-state index is 11.3. The summed E-state index contributed by atoms with van der Waals surface area (Å²) in [7, 11) is 1.45. The van der Waals surface area contributed by atoms with Gasteiger partial charge in [0, 0.05) is 39.0 Å². The van der Waals surface area contributed by atoms with Crippen molar-refractivity contribution in [3.8, 4) is 0 Å². The van der Waals surface area contributed by atoms with E-state index < -0.39 is 0 Å². The van der Waals surface area contributed by atoms with E-state index in [0.29, 0.717) is 18.6 Å². The van der Waals surface area contributed by atoms with Crippen molar-refractivity contribution in [3.05, 3.63) is 0 Å². The van der Waals surface area contributed by atoms with Gasteiger partial charge in [0.15, 0.2) is 0 Å². The third-order valence-corrected chi connectivity index (χ3v) is 4.00. The summed E-state index contributed by atoms with van der Waals surface area (Å²) >= 11 is 0. The molecule has 0 aromatic carbocycles. The first-order valence-corrected chi connectivity index (χ1v) is 7.30. The molecule has 5 heteroatoms. The minimum atomic E-state index is -0.135. The molecule has 0 spiro atoms. The summed E-state index contributed by atoms with van der Waals surface area (Å²) in [5, 5.41) is 0. The van der Waals surface area contributed by atoms with Gasteiger partial charge in [-0.2, -0.15) is 0 Å². The Hall–Kier alpha value is -0.650. The van der Waals surface area contributed by atoms with Gasteiger partial charge in [0.05, 0.1) is 19.6 Å². The molecular formula is C14H25NO4. The van der Waals surface area contributed by atoms with Gasteiger partial charge in [-0.15, -0.1) is 0 Å². The molecule has 0 saturated carbocycles. The molecule has 2 saturated heterocycles. The Labute approximate surface area is 115 Å². The van der Waals surface area contributed by atoms with E-state index in [1.165, 1.54) is 7.11 Å².